The number of carbonyl (C=O) groups excluding carboxylic acids is 1. The van der Waals surface area contributed by atoms with Gasteiger partial charge in [0.15, 0.2) is 5.69 Å². The Morgan fingerprint density at radius 2 is 1.94 bits per heavy atom. The Labute approximate surface area is 178 Å². The number of nitrogens with zero attached hydrogens (tertiary/aromatic N) is 3. The molecular weight excluding hydrogens is 427 g/mol. The third-order valence-electron chi connectivity index (χ3n) is 5.65. The summed E-state index contributed by atoms with van der Waals surface area (Å²) in [6.07, 6.45) is 2.33. The quantitative estimate of drug-likeness (QED) is 0.724. The highest BCUT2D eigenvalue weighted by Gasteiger charge is 2.38. The van der Waals surface area contributed by atoms with E-state index in [0.717, 1.165) is 0 Å². The lowest BCUT2D eigenvalue weighted by Gasteiger charge is -2.36. The molecule has 0 bridgehead atoms. The van der Waals surface area contributed by atoms with Gasteiger partial charge >= 0.3 is 0 Å². The summed E-state index contributed by atoms with van der Waals surface area (Å²) in [6.45, 7) is 0.662. The van der Waals surface area contributed by atoms with Gasteiger partial charge in [-0.05, 0) is 43.4 Å². The first kappa shape index (κ1) is 21.4. The van der Waals surface area contributed by atoms with Crippen LogP contribution >= 0.6 is 0 Å². The van der Waals surface area contributed by atoms with E-state index in [2.05, 4.69) is 10.3 Å². The van der Waals surface area contributed by atoms with E-state index in [9.17, 15) is 27.5 Å². The van der Waals surface area contributed by atoms with E-state index in [1.54, 1.807) is 0 Å². The topological polar surface area (TPSA) is 122 Å². The first-order valence-corrected chi connectivity index (χ1v) is 11.7. The number of halogens is 1. The number of aromatic hydroxyl groups is 1. The molecular formula is C20H23FN4O5S. The largest absolute Gasteiger partial charge is 0.501 e. The van der Waals surface area contributed by atoms with Crippen LogP contribution in [-0.4, -0.2) is 45.6 Å². The molecule has 3 heterocycles. The van der Waals surface area contributed by atoms with E-state index in [1.807, 2.05) is 0 Å². The molecule has 0 radical (unpaired) electrons. The molecule has 11 heteroatoms. The Hall–Kier alpha value is -2.79. The Bertz CT molecular complexity index is 1160. The fraction of sp³-hybridized carbons (Fsp3) is 0.450. The van der Waals surface area contributed by atoms with Gasteiger partial charge in [0.05, 0.1) is 11.8 Å². The average Bonchev–Trinajstić information content (AvgIpc) is 2.75. The van der Waals surface area contributed by atoms with E-state index < -0.39 is 44.8 Å². The summed E-state index contributed by atoms with van der Waals surface area (Å²) >= 11 is 0. The molecule has 9 nitrogen and oxygen atoms in total. The Kier molecular flexibility index (Phi) is 5.80. The maximum Gasteiger partial charge on any atom is 0.296 e. The predicted octanol–water partition coefficient (Wildman–Crippen LogP) is 1.28. The summed E-state index contributed by atoms with van der Waals surface area (Å²) in [7, 11) is -3.49. The molecule has 0 saturated carbocycles. The first-order chi connectivity index (χ1) is 14.8. The standard InChI is InChI=1S/C20H23FN4O5S/c21-14-7-5-13(6-8-14)12-22-19(27)16-17(26)20(28)24-9-3-4-15(18(24)23-16)25-10-1-2-11-31(25,29)30/h5-8,15,26H,1-4,9-12H2,(H,22,27). The minimum atomic E-state index is -3.49. The normalized spacial score (nSPS) is 20.7. The lowest BCUT2D eigenvalue weighted by atomic mass is 10.1. The van der Waals surface area contributed by atoms with Crippen molar-refractivity contribution in [1.29, 1.82) is 0 Å². The fourth-order valence-corrected chi connectivity index (χ4v) is 5.86. The molecule has 1 fully saturated rings. The van der Waals surface area contributed by atoms with Gasteiger partial charge < -0.3 is 10.4 Å². The number of carbonyl (C=O) groups is 1. The van der Waals surface area contributed by atoms with Crippen molar-refractivity contribution >= 4 is 15.9 Å². The van der Waals surface area contributed by atoms with Gasteiger partial charge in [-0.1, -0.05) is 12.1 Å². The van der Waals surface area contributed by atoms with Crippen molar-refractivity contribution < 1.29 is 22.7 Å². The summed E-state index contributed by atoms with van der Waals surface area (Å²) in [6, 6.07) is 4.86. The maximum absolute atomic E-state index is 13.0. The van der Waals surface area contributed by atoms with Crippen molar-refractivity contribution in [2.75, 3.05) is 12.3 Å². The van der Waals surface area contributed by atoms with Gasteiger partial charge in [0.1, 0.15) is 11.6 Å². The highest BCUT2D eigenvalue weighted by Crippen LogP contribution is 2.33. The maximum atomic E-state index is 13.0. The molecule has 2 N–H and O–H groups in total. The Morgan fingerprint density at radius 3 is 2.65 bits per heavy atom. The minimum Gasteiger partial charge on any atom is -0.501 e. The number of rotatable bonds is 4. The smallest absolute Gasteiger partial charge is 0.296 e. The number of sulfonamides is 1. The van der Waals surface area contributed by atoms with Gasteiger partial charge in [0, 0.05) is 19.6 Å². The molecule has 2 aliphatic heterocycles. The summed E-state index contributed by atoms with van der Waals surface area (Å²) in [5.74, 6) is -1.74. The summed E-state index contributed by atoms with van der Waals surface area (Å²) < 4.78 is 40.9. The number of hydrogen-bond acceptors (Lipinski definition) is 6. The van der Waals surface area contributed by atoms with Crippen molar-refractivity contribution in [3.63, 3.8) is 0 Å². The molecule has 1 saturated heterocycles. The molecule has 2 aromatic rings. The zero-order chi connectivity index (χ0) is 22.2. The van der Waals surface area contributed by atoms with Crippen LogP contribution in [0.25, 0.3) is 0 Å². The monoisotopic (exact) mass is 450 g/mol. The molecule has 4 rings (SSSR count). The summed E-state index contributed by atoms with van der Waals surface area (Å²) in [4.78, 5) is 29.6. The van der Waals surface area contributed by atoms with Crippen molar-refractivity contribution in [3.8, 4) is 5.75 Å². The van der Waals surface area contributed by atoms with Crippen LogP contribution in [0.2, 0.25) is 0 Å². The number of amides is 1. The highest BCUT2D eigenvalue weighted by molar-refractivity contribution is 7.89. The van der Waals surface area contributed by atoms with Crippen LogP contribution in [-0.2, 0) is 23.1 Å². The molecule has 0 spiro atoms. The summed E-state index contributed by atoms with van der Waals surface area (Å²) in [5, 5.41) is 12.9. The van der Waals surface area contributed by atoms with E-state index >= 15 is 0 Å². The molecule has 1 unspecified atom stereocenters. The molecule has 1 aromatic heterocycles. The van der Waals surface area contributed by atoms with Gasteiger partial charge in [-0.15, -0.1) is 0 Å². The molecule has 2 aliphatic rings. The predicted molar refractivity (Wildman–Crippen MR) is 109 cm³/mol. The third-order valence-corrected chi connectivity index (χ3v) is 7.61. The fourth-order valence-electron chi connectivity index (χ4n) is 4.06. The SMILES string of the molecule is O=C(NCc1ccc(F)cc1)c1nc2n(c(=O)c1O)CCCC2N1CCCCS1(=O)=O. The Balaban J connectivity index is 1.66. The van der Waals surface area contributed by atoms with Crippen molar-refractivity contribution in [2.45, 2.75) is 44.8 Å². The number of hydrogen-bond donors (Lipinski definition) is 2. The van der Waals surface area contributed by atoms with Gasteiger partial charge in [-0.3, -0.25) is 14.2 Å². The van der Waals surface area contributed by atoms with E-state index in [4.69, 9.17) is 0 Å². The van der Waals surface area contributed by atoms with Crippen LogP contribution in [0.4, 0.5) is 4.39 Å². The minimum absolute atomic E-state index is 0.0385. The third kappa shape index (κ3) is 4.19. The second kappa shape index (κ2) is 8.39. The zero-order valence-corrected chi connectivity index (χ0v) is 17.6. The van der Waals surface area contributed by atoms with Crippen LogP contribution in [0.3, 0.4) is 0 Å². The molecule has 1 atom stereocenters. The summed E-state index contributed by atoms with van der Waals surface area (Å²) in [5.41, 5.74) is -0.586. The van der Waals surface area contributed by atoms with Gasteiger partial charge in [0.25, 0.3) is 11.5 Å². The van der Waals surface area contributed by atoms with Crippen LogP contribution in [0, 0.1) is 5.82 Å². The number of benzene rings is 1. The highest BCUT2D eigenvalue weighted by atomic mass is 32.2. The van der Waals surface area contributed by atoms with Crippen molar-refractivity contribution in [2.24, 2.45) is 0 Å². The molecule has 31 heavy (non-hydrogen) atoms. The van der Waals surface area contributed by atoms with E-state index in [1.165, 1.54) is 33.1 Å². The van der Waals surface area contributed by atoms with Gasteiger partial charge in [-0.25, -0.2) is 17.8 Å². The van der Waals surface area contributed by atoms with Crippen LogP contribution < -0.4 is 10.9 Å². The lowest BCUT2D eigenvalue weighted by Crippen LogP contribution is -2.45. The second-order valence-corrected chi connectivity index (χ2v) is 9.77. The second-order valence-electron chi connectivity index (χ2n) is 7.73. The van der Waals surface area contributed by atoms with E-state index in [-0.39, 0.29) is 24.7 Å². The molecule has 0 aliphatic carbocycles. The first-order valence-electron chi connectivity index (χ1n) is 10.1. The lowest BCUT2D eigenvalue weighted by molar-refractivity contribution is 0.0940. The molecule has 1 amide bonds. The number of fused-ring (bicyclic) bond motifs is 1. The van der Waals surface area contributed by atoms with Crippen LogP contribution in [0.1, 0.15) is 53.6 Å². The van der Waals surface area contributed by atoms with Crippen LogP contribution in [0.15, 0.2) is 29.1 Å². The zero-order valence-electron chi connectivity index (χ0n) is 16.8. The van der Waals surface area contributed by atoms with Gasteiger partial charge in [0.2, 0.25) is 15.8 Å². The van der Waals surface area contributed by atoms with E-state index in [0.29, 0.717) is 37.8 Å². The molecule has 1 aromatic carbocycles. The van der Waals surface area contributed by atoms with Crippen molar-refractivity contribution in [3.05, 3.63) is 57.5 Å². The number of nitrogens with one attached hydrogen (secondary N) is 1. The van der Waals surface area contributed by atoms with Gasteiger partial charge in [-0.2, -0.15) is 4.31 Å². The average molecular weight is 450 g/mol. The number of aromatic nitrogens is 2. The van der Waals surface area contributed by atoms with Crippen molar-refractivity contribution in [1.82, 2.24) is 19.2 Å². The Morgan fingerprint density at radius 1 is 1.19 bits per heavy atom. The van der Waals surface area contributed by atoms with Crippen LogP contribution in [0.5, 0.6) is 5.75 Å². The molecule has 166 valence electrons.